The Kier molecular flexibility index (Phi) is 7.26. The summed E-state index contributed by atoms with van der Waals surface area (Å²) in [6.07, 6.45) is 0.165. The quantitative estimate of drug-likeness (QED) is 0.429. The van der Waals surface area contributed by atoms with Crippen LogP contribution in [0.4, 0.5) is 0 Å². The van der Waals surface area contributed by atoms with Crippen molar-refractivity contribution in [1.82, 2.24) is 5.48 Å². The molecule has 24 heavy (non-hydrogen) atoms. The van der Waals surface area contributed by atoms with Gasteiger partial charge in [0.15, 0.2) is 5.78 Å². The van der Waals surface area contributed by atoms with E-state index in [0.717, 1.165) is 5.75 Å². The molecule has 1 N–H and O–H groups in total. The first-order valence-corrected chi connectivity index (χ1v) is 7.90. The summed E-state index contributed by atoms with van der Waals surface area (Å²) in [4.78, 5) is 28.5. The summed E-state index contributed by atoms with van der Waals surface area (Å²) in [5.74, 6) is 0.271. The average molecular weight is 348 g/mol. The van der Waals surface area contributed by atoms with Crippen LogP contribution < -0.4 is 10.2 Å². The second kappa shape index (κ2) is 9.70. The van der Waals surface area contributed by atoms with Crippen molar-refractivity contribution in [2.75, 3.05) is 13.2 Å². The van der Waals surface area contributed by atoms with Crippen molar-refractivity contribution in [3.05, 3.63) is 65.2 Å². The van der Waals surface area contributed by atoms with Gasteiger partial charge >= 0.3 is 0 Å². The number of amides is 1. The van der Waals surface area contributed by atoms with Crippen LogP contribution in [0.2, 0.25) is 5.02 Å². The summed E-state index contributed by atoms with van der Waals surface area (Å²) < 4.78 is 5.41. The van der Waals surface area contributed by atoms with Gasteiger partial charge in [0.2, 0.25) is 5.91 Å². The highest BCUT2D eigenvalue weighted by molar-refractivity contribution is 6.30. The Balaban J connectivity index is 1.58. The first-order valence-electron chi connectivity index (χ1n) is 7.52. The molecule has 2 aromatic carbocycles. The fraction of sp³-hybridized carbons (Fsp3) is 0.222. The number of benzene rings is 2. The van der Waals surface area contributed by atoms with Crippen LogP contribution in [-0.4, -0.2) is 24.9 Å². The maximum absolute atomic E-state index is 11.9. The Morgan fingerprint density at radius 2 is 1.62 bits per heavy atom. The lowest BCUT2D eigenvalue weighted by Crippen LogP contribution is -2.26. The molecular weight excluding hydrogens is 330 g/mol. The maximum Gasteiger partial charge on any atom is 0.243 e. The van der Waals surface area contributed by atoms with E-state index in [2.05, 4.69) is 5.48 Å². The third-order valence-electron chi connectivity index (χ3n) is 3.13. The van der Waals surface area contributed by atoms with Gasteiger partial charge in [-0.2, -0.15) is 0 Å². The zero-order valence-electron chi connectivity index (χ0n) is 13.0. The number of hydroxylamine groups is 1. The molecule has 0 atom stereocenters. The lowest BCUT2D eigenvalue weighted by Gasteiger charge is -2.07. The van der Waals surface area contributed by atoms with Crippen molar-refractivity contribution in [2.45, 2.75) is 12.8 Å². The topological polar surface area (TPSA) is 64.6 Å². The molecule has 0 aliphatic heterocycles. The van der Waals surface area contributed by atoms with Gasteiger partial charge in [-0.1, -0.05) is 29.8 Å². The molecule has 6 heteroatoms. The number of hydrogen-bond donors (Lipinski definition) is 1. The number of ether oxygens (including phenoxy) is 1. The van der Waals surface area contributed by atoms with Gasteiger partial charge in [0.05, 0.1) is 0 Å². The van der Waals surface area contributed by atoms with E-state index in [9.17, 15) is 9.59 Å². The smallest absolute Gasteiger partial charge is 0.243 e. The highest BCUT2D eigenvalue weighted by atomic mass is 35.5. The van der Waals surface area contributed by atoms with E-state index in [1.165, 1.54) is 0 Å². The SMILES string of the molecule is O=C(CCC(=O)c1ccc(Cl)cc1)NOCCOc1ccccc1. The highest BCUT2D eigenvalue weighted by Crippen LogP contribution is 2.12. The van der Waals surface area contributed by atoms with E-state index in [-0.39, 0.29) is 31.1 Å². The molecule has 126 valence electrons. The summed E-state index contributed by atoms with van der Waals surface area (Å²) in [5, 5.41) is 0.565. The fourth-order valence-corrected chi connectivity index (χ4v) is 2.03. The lowest BCUT2D eigenvalue weighted by atomic mass is 10.1. The molecule has 0 saturated heterocycles. The van der Waals surface area contributed by atoms with Crippen LogP contribution in [-0.2, 0) is 9.63 Å². The number of carbonyl (C=O) groups is 2. The van der Waals surface area contributed by atoms with Crippen LogP contribution in [0.25, 0.3) is 0 Å². The summed E-state index contributed by atoms with van der Waals surface area (Å²) >= 11 is 5.76. The normalized spacial score (nSPS) is 10.2. The van der Waals surface area contributed by atoms with Gasteiger partial charge < -0.3 is 4.74 Å². The van der Waals surface area contributed by atoms with Gasteiger partial charge in [0.25, 0.3) is 0 Å². The molecule has 0 spiro atoms. The first kappa shape index (κ1) is 18.0. The predicted octanol–water partition coefficient (Wildman–Crippen LogP) is 3.43. The monoisotopic (exact) mass is 347 g/mol. The van der Waals surface area contributed by atoms with Crippen molar-refractivity contribution in [1.29, 1.82) is 0 Å². The largest absolute Gasteiger partial charge is 0.491 e. The Labute approximate surface area is 145 Å². The second-order valence-corrected chi connectivity index (χ2v) is 5.40. The van der Waals surface area contributed by atoms with Crippen LogP contribution in [0.3, 0.4) is 0 Å². The van der Waals surface area contributed by atoms with E-state index in [1.807, 2.05) is 30.3 Å². The molecule has 5 nitrogen and oxygen atoms in total. The van der Waals surface area contributed by atoms with E-state index in [1.54, 1.807) is 24.3 Å². The van der Waals surface area contributed by atoms with E-state index in [4.69, 9.17) is 21.2 Å². The number of halogens is 1. The van der Waals surface area contributed by atoms with E-state index < -0.39 is 0 Å². The van der Waals surface area contributed by atoms with Gasteiger partial charge in [0.1, 0.15) is 19.0 Å². The molecule has 1 amide bonds. The maximum atomic E-state index is 11.9. The number of rotatable bonds is 9. The number of carbonyl (C=O) groups excluding carboxylic acids is 2. The second-order valence-electron chi connectivity index (χ2n) is 4.97. The van der Waals surface area contributed by atoms with Crippen molar-refractivity contribution >= 4 is 23.3 Å². The van der Waals surface area contributed by atoms with Gasteiger partial charge in [-0.15, -0.1) is 0 Å². The molecule has 0 unspecified atom stereocenters. The van der Waals surface area contributed by atoms with Gasteiger partial charge in [-0.25, -0.2) is 5.48 Å². The summed E-state index contributed by atoms with van der Waals surface area (Å²) in [6, 6.07) is 15.9. The van der Waals surface area contributed by atoms with Crippen LogP contribution in [0, 0.1) is 0 Å². The molecule has 0 heterocycles. The molecule has 2 rings (SSSR count). The summed E-state index contributed by atoms with van der Waals surface area (Å²) in [7, 11) is 0. The Morgan fingerprint density at radius 1 is 0.917 bits per heavy atom. The minimum absolute atomic E-state index is 0.0565. The molecule has 0 fully saturated rings. The van der Waals surface area contributed by atoms with E-state index >= 15 is 0 Å². The lowest BCUT2D eigenvalue weighted by molar-refractivity contribution is -0.134. The predicted molar refractivity (Wildman–Crippen MR) is 91.0 cm³/mol. The highest BCUT2D eigenvalue weighted by Gasteiger charge is 2.09. The molecule has 0 aliphatic carbocycles. The third kappa shape index (κ3) is 6.40. The Bertz CT molecular complexity index is 658. The number of ketones is 1. The summed E-state index contributed by atoms with van der Waals surface area (Å²) in [5.41, 5.74) is 2.82. The fourth-order valence-electron chi connectivity index (χ4n) is 1.91. The zero-order valence-corrected chi connectivity index (χ0v) is 13.8. The van der Waals surface area contributed by atoms with Crippen LogP contribution in [0.5, 0.6) is 5.75 Å². The number of nitrogens with one attached hydrogen (secondary N) is 1. The van der Waals surface area contributed by atoms with Crippen molar-refractivity contribution in [3.63, 3.8) is 0 Å². The van der Waals surface area contributed by atoms with Crippen LogP contribution >= 0.6 is 11.6 Å². The Morgan fingerprint density at radius 3 is 2.33 bits per heavy atom. The first-order chi connectivity index (χ1) is 11.6. The number of Topliss-reactive ketones (excluding diaryl/α,β-unsaturated/α-hetero) is 1. The van der Waals surface area contributed by atoms with Crippen LogP contribution in [0.1, 0.15) is 23.2 Å². The Hall–Kier alpha value is -2.37. The zero-order chi connectivity index (χ0) is 17.2. The minimum atomic E-state index is -0.350. The minimum Gasteiger partial charge on any atom is -0.491 e. The van der Waals surface area contributed by atoms with Gasteiger partial charge in [0, 0.05) is 23.4 Å². The summed E-state index contributed by atoms with van der Waals surface area (Å²) in [6.45, 7) is 0.528. The van der Waals surface area contributed by atoms with Crippen molar-refractivity contribution < 1.29 is 19.2 Å². The molecule has 0 radical (unpaired) electrons. The van der Waals surface area contributed by atoms with Crippen molar-refractivity contribution in [3.8, 4) is 5.75 Å². The molecule has 0 bridgehead atoms. The number of hydrogen-bond acceptors (Lipinski definition) is 4. The molecular formula is C18H18ClNO4. The molecule has 0 aliphatic rings. The van der Waals surface area contributed by atoms with Gasteiger partial charge in [-0.05, 0) is 36.4 Å². The van der Waals surface area contributed by atoms with Gasteiger partial charge in [-0.3, -0.25) is 14.4 Å². The number of para-hydroxylation sites is 1. The van der Waals surface area contributed by atoms with Crippen LogP contribution in [0.15, 0.2) is 54.6 Å². The van der Waals surface area contributed by atoms with Crippen molar-refractivity contribution in [2.24, 2.45) is 0 Å². The average Bonchev–Trinajstić information content (AvgIpc) is 2.61. The molecule has 0 saturated carbocycles. The standard InChI is InChI=1S/C18H18ClNO4/c19-15-8-6-14(7-9-15)17(21)10-11-18(22)20-24-13-12-23-16-4-2-1-3-5-16/h1-9H,10-13H2,(H,20,22). The van der Waals surface area contributed by atoms with E-state index in [0.29, 0.717) is 17.2 Å². The molecule has 2 aromatic rings. The molecule has 0 aromatic heterocycles. The third-order valence-corrected chi connectivity index (χ3v) is 3.38.